The van der Waals surface area contributed by atoms with Gasteiger partial charge < -0.3 is 15.0 Å². The maximum Gasteiger partial charge on any atom is 0.204 e. The topological polar surface area (TPSA) is 50.3 Å². The molecule has 0 aliphatic rings. The Hall–Kier alpha value is -1.66. The van der Waals surface area contributed by atoms with Gasteiger partial charge in [0.15, 0.2) is 0 Å². The minimum absolute atomic E-state index is 0.730. The fourth-order valence-electron chi connectivity index (χ4n) is 1.81. The second kappa shape index (κ2) is 7.21. The van der Waals surface area contributed by atoms with Crippen LogP contribution in [0.2, 0.25) is 0 Å². The van der Waals surface area contributed by atoms with Crippen LogP contribution in [0.25, 0.3) is 0 Å². The third-order valence-corrected chi connectivity index (χ3v) is 3.85. The van der Waals surface area contributed by atoms with Gasteiger partial charge in [-0.2, -0.15) is 4.37 Å². The molecule has 0 spiro atoms. The van der Waals surface area contributed by atoms with Crippen LogP contribution in [0.5, 0.6) is 5.75 Å². The number of rotatable bonds is 7. The van der Waals surface area contributed by atoms with Gasteiger partial charge in [-0.3, -0.25) is 0 Å². The Bertz CT molecular complexity index is 543. The lowest BCUT2D eigenvalue weighted by Gasteiger charge is -2.13. The van der Waals surface area contributed by atoms with Crippen molar-refractivity contribution in [3.05, 3.63) is 35.7 Å². The number of nitrogens with one attached hydrogen (secondary N) is 1. The first kappa shape index (κ1) is 14.7. The molecule has 5 nitrogen and oxygen atoms in total. The van der Waals surface area contributed by atoms with Crippen molar-refractivity contribution in [2.24, 2.45) is 0 Å². The molecule has 2 aromatic rings. The second-order valence-electron chi connectivity index (χ2n) is 4.55. The Balaban J connectivity index is 2.01. The summed E-state index contributed by atoms with van der Waals surface area (Å²) in [4.78, 5) is 6.69. The summed E-state index contributed by atoms with van der Waals surface area (Å²) in [6.45, 7) is 1.85. The Morgan fingerprint density at radius 1 is 1.40 bits per heavy atom. The van der Waals surface area contributed by atoms with Crippen molar-refractivity contribution < 1.29 is 4.74 Å². The molecule has 0 atom stereocenters. The van der Waals surface area contributed by atoms with E-state index in [-0.39, 0.29) is 0 Å². The molecular formula is C14H20N4OS. The van der Waals surface area contributed by atoms with Crippen LogP contribution in [-0.4, -0.2) is 43.7 Å². The maximum absolute atomic E-state index is 5.23. The second-order valence-corrected chi connectivity index (χ2v) is 5.28. The minimum Gasteiger partial charge on any atom is -0.497 e. The summed E-state index contributed by atoms with van der Waals surface area (Å²) in [5, 5.41) is 4.09. The number of aromatic nitrogens is 2. The third-order valence-electron chi connectivity index (χ3n) is 2.98. The summed E-state index contributed by atoms with van der Waals surface area (Å²) in [5.74, 6) is 1.72. The molecule has 6 heteroatoms. The normalized spacial score (nSPS) is 10.6. The SMILES string of the molecule is CNCCN(C)c1nc(Cc2cccc(OC)c2)ns1. The Labute approximate surface area is 123 Å². The molecule has 2 rings (SSSR count). The Kier molecular flexibility index (Phi) is 5.31. The van der Waals surface area contributed by atoms with Gasteiger partial charge in [0, 0.05) is 38.1 Å². The third kappa shape index (κ3) is 3.91. The lowest BCUT2D eigenvalue weighted by molar-refractivity contribution is 0.414. The van der Waals surface area contributed by atoms with Crippen LogP contribution >= 0.6 is 11.5 Å². The fraction of sp³-hybridized carbons (Fsp3) is 0.429. The van der Waals surface area contributed by atoms with Gasteiger partial charge in [0.05, 0.1) is 7.11 Å². The summed E-state index contributed by atoms with van der Waals surface area (Å²) < 4.78 is 9.65. The first-order chi connectivity index (χ1) is 9.72. The molecule has 0 radical (unpaired) electrons. The molecule has 0 aliphatic heterocycles. The van der Waals surface area contributed by atoms with Crippen LogP contribution in [-0.2, 0) is 6.42 Å². The summed E-state index contributed by atoms with van der Waals surface area (Å²) in [5.41, 5.74) is 1.16. The van der Waals surface area contributed by atoms with E-state index in [1.54, 1.807) is 7.11 Å². The predicted molar refractivity (Wildman–Crippen MR) is 82.9 cm³/mol. The van der Waals surface area contributed by atoms with Crippen LogP contribution in [0, 0.1) is 0 Å². The van der Waals surface area contributed by atoms with Crippen molar-refractivity contribution in [2.75, 3.05) is 39.2 Å². The molecule has 0 saturated heterocycles. The number of hydrogen-bond donors (Lipinski definition) is 1. The molecule has 108 valence electrons. The molecule has 0 aliphatic carbocycles. The Morgan fingerprint density at radius 2 is 2.25 bits per heavy atom. The zero-order valence-corrected chi connectivity index (χ0v) is 12.9. The number of hydrogen-bond acceptors (Lipinski definition) is 6. The first-order valence-electron chi connectivity index (χ1n) is 6.54. The molecule has 1 aromatic heterocycles. The van der Waals surface area contributed by atoms with E-state index < -0.39 is 0 Å². The van der Waals surface area contributed by atoms with Gasteiger partial charge >= 0.3 is 0 Å². The van der Waals surface area contributed by atoms with Crippen molar-refractivity contribution in [1.29, 1.82) is 0 Å². The molecule has 0 saturated carbocycles. The average Bonchev–Trinajstić information content (AvgIpc) is 2.93. The van der Waals surface area contributed by atoms with Crippen molar-refractivity contribution in [3.8, 4) is 5.75 Å². The minimum atomic E-state index is 0.730. The van der Waals surface area contributed by atoms with Crippen molar-refractivity contribution >= 4 is 16.7 Å². The van der Waals surface area contributed by atoms with E-state index in [0.29, 0.717) is 0 Å². The van der Waals surface area contributed by atoms with E-state index in [2.05, 4.69) is 25.6 Å². The van der Waals surface area contributed by atoms with Crippen LogP contribution in [0.3, 0.4) is 0 Å². The molecule has 0 fully saturated rings. The lowest BCUT2D eigenvalue weighted by Crippen LogP contribution is -2.26. The monoisotopic (exact) mass is 292 g/mol. The van der Waals surface area contributed by atoms with E-state index in [1.165, 1.54) is 11.5 Å². The number of nitrogens with zero attached hydrogens (tertiary/aromatic N) is 3. The average molecular weight is 292 g/mol. The number of likely N-dealkylation sites (N-methyl/N-ethyl adjacent to an activating group) is 2. The summed E-state index contributed by atoms with van der Waals surface area (Å²) in [6, 6.07) is 8.01. The van der Waals surface area contributed by atoms with Gasteiger partial charge in [-0.1, -0.05) is 12.1 Å². The van der Waals surface area contributed by atoms with Gasteiger partial charge in [0.1, 0.15) is 11.6 Å². The summed E-state index contributed by atoms with van der Waals surface area (Å²) in [6.07, 6.45) is 0.730. The smallest absolute Gasteiger partial charge is 0.204 e. The summed E-state index contributed by atoms with van der Waals surface area (Å²) >= 11 is 1.44. The molecule has 1 heterocycles. The highest BCUT2D eigenvalue weighted by atomic mass is 32.1. The molecular weight excluding hydrogens is 272 g/mol. The number of ether oxygens (including phenoxy) is 1. The number of benzene rings is 1. The van der Waals surface area contributed by atoms with E-state index in [1.807, 2.05) is 32.3 Å². The quantitative estimate of drug-likeness (QED) is 0.843. The Morgan fingerprint density at radius 3 is 3.00 bits per heavy atom. The standard InChI is InChI=1S/C14H20N4OS/c1-15-7-8-18(2)14-16-13(17-20-14)10-11-5-4-6-12(9-11)19-3/h4-6,9,15H,7-8,10H2,1-3H3. The largest absolute Gasteiger partial charge is 0.497 e. The zero-order valence-electron chi connectivity index (χ0n) is 12.1. The molecule has 0 amide bonds. The zero-order chi connectivity index (χ0) is 14.4. The van der Waals surface area contributed by atoms with Crippen LogP contribution < -0.4 is 15.0 Å². The van der Waals surface area contributed by atoms with Gasteiger partial charge in [-0.15, -0.1) is 0 Å². The molecule has 1 N–H and O–H groups in total. The molecule has 20 heavy (non-hydrogen) atoms. The van der Waals surface area contributed by atoms with Crippen LogP contribution in [0.1, 0.15) is 11.4 Å². The molecule has 0 unspecified atom stereocenters. The van der Waals surface area contributed by atoms with Gasteiger partial charge in [0.25, 0.3) is 0 Å². The molecule has 1 aromatic carbocycles. The van der Waals surface area contributed by atoms with Crippen LogP contribution in [0.4, 0.5) is 5.13 Å². The van der Waals surface area contributed by atoms with Crippen molar-refractivity contribution in [2.45, 2.75) is 6.42 Å². The molecule has 0 bridgehead atoms. The fourth-order valence-corrected chi connectivity index (χ4v) is 2.48. The van der Waals surface area contributed by atoms with Crippen molar-refractivity contribution in [1.82, 2.24) is 14.7 Å². The van der Waals surface area contributed by atoms with Gasteiger partial charge in [-0.25, -0.2) is 4.98 Å². The van der Waals surface area contributed by atoms with E-state index >= 15 is 0 Å². The lowest BCUT2D eigenvalue weighted by atomic mass is 10.1. The van der Waals surface area contributed by atoms with E-state index in [4.69, 9.17) is 4.74 Å². The highest BCUT2D eigenvalue weighted by Crippen LogP contribution is 2.19. The van der Waals surface area contributed by atoms with Gasteiger partial charge in [0.2, 0.25) is 5.13 Å². The number of methoxy groups -OCH3 is 1. The predicted octanol–water partition coefficient (Wildman–Crippen LogP) is 1.79. The van der Waals surface area contributed by atoms with Crippen LogP contribution in [0.15, 0.2) is 24.3 Å². The highest BCUT2D eigenvalue weighted by molar-refractivity contribution is 7.09. The van der Waals surface area contributed by atoms with Gasteiger partial charge in [-0.05, 0) is 24.7 Å². The first-order valence-corrected chi connectivity index (χ1v) is 7.31. The van der Waals surface area contributed by atoms with E-state index in [9.17, 15) is 0 Å². The number of anilines is 1. The van der Waals surface area contributed by atoms with E-state index in [0.717, 1.165) is 41.8 Å². The summed E-state index contributed by atoms with van der Waals surface area (Å²) in [7, 11) is 5.66. The van der Waals surface area contributed by atoms with Crippen molar-refractivity contribution in [3.63, 3.8) is 0 Å². The maximum atomic E-state index is 5.23. The highest BCUT2D eigenvalue weighted by Gasteiger charge is 2.09.